The molecule has 1 atom stereocenters. The van der Waals surface area contributed by atoms with Crippen molar-refractivity contribution >= 4 is 5.69 Å². The van der Waals surface area contributed by atoms with Gasteiger partial charge in [-0.05, 0) is 44.5 Å². The summed E-state index contributed by atoms with van der Waals surface area (Å²) in [6, 6.07) is 9.35. The van der Waals surface area contributed by atoms with Gasteiger partial charge < -0.3 is 10.6 Å². The van der Waals surface area contributed by atoms with Crippen molar-refractivity contribution in [3.8, 4) is 0 Å². The molecule has 0 bridgehead atoms. The van der Waals surface area contributed by atoms with Crippen molar-refractivity contribution in [2.75, 3.05) is 18.9 Å². The highest BCUT2D eigenvalue weighted by Crippen LogP contribution is 2.27. The van der Waals surface area contributed by atoms with Gasteiger partial charge in [0.25, 0.3) is 0 Å². The van der Waals surface area contributed by atoms with E-state index in [0.29, 0.717) is 6.04 Å². The summed E-state index contributed by atoms with van der Waals surface area (Å²) in [6.07, 6.45) is 6.50. The van der Waals surface area contributed by atoms with E-state index in [1.807, 2.05) is 7.05 Å². The molecule has 1 aliphatic rings. The summed E-state index contributed by atoms with van der Waals surface area (Å²) in [5.74, 6) is 0. The third-order valence-electron chi connectivity index (χ3n) is 3.32. The lowest BCUT2D eigenvalue weighted by molar-refractivity contribution is 0.574. The van der Waals surface area contributed by atoms with Gasteiger partial charge in [-0.15, -0.1) is 0 Å². The molecule has 1 aromatic rings. The Morgan fingerprint density at radius 3 is 2.94 bits per heavy atom. The molecule has 2 heteroatoms. The number of benzene rings is 1. The van der Waals surface area contributed by atoms with Gasteiger partial charge in [0, 0.05) is 11.7 Å². The number of nitrogens with one attached hydrogen (secondary N) is 2. The highest BCUT2D eigenvalue weighted by atomic mass is 14.9. The fraction of sp³-hybridized carbons (Fsp3) is 0.571. The molecule has 1 aromatic carbocycles. The van der Waals surface area contributed by atoms with E-state index in [-0.39, 0.29) is 0 Å². The van der Waals surface area contributed by atoms with Crippen LogP contribution in [-0.2, 0) is 6.42 Å². The Morgan fingerprint density at radius 2 is 2.12 bits per heavy atom. The molecule has 2 N–H and O–H groups in total. The molecule has 88 valence electrons. The van der Waals surface area contributed by atoms with Gasteiger partial charge >= 0.3 is 0 Å². The predicted molar refractivity (Wildman–Crippen MR) is 70.0 cm³/mol. The zero-order chi connectivity index (χ0) is 11.2. The SMILES string of the molecule is CNCCCCCC1Cc2ccccc2N1. The molecule has 0 saturated heterocycles. The standard InChI is InChI=1S/C14H22N2/c1-15-10-6-2-3-8-13-11-12-7-4-5-9-14(12)16-13/h4-5,7,9,13,15-16H,2-3,6,8,10-11H2,1H3. The number of unbranched alkanes of at least 4 members (excludes halogenated alkanes) is 2. The molecular formula is C14H22N2. The van der Waals surface area contributed by atoms with Gasteiger partial charge in [-0.1, -0.05) is 31.0 Å². The van der Waals surface area contributed by atoms with Crippen molar-refractivity contribution in [3.05, 3.63) is 29.8 Å². The van der Waals surface area contributed by atoms with Crippen LogP contribution in [0.3, 0.4) is 0 Å². The molecule has 0 amide bonds. The molecular weight excluding hydrogens is 196 g/mol. The minimum absolute atomic E-state index is 0.673. The molecule has 2 nitrogen and oxygen atoms in total. The Morgan fingerprint density at radius 1 is 1.25 bits per heavy atom. The number of rotatable bonds is 6. The van der Waals surface area contributed by atoms with Crippen molar-refractivity contribution in [1.82, 2.24) is 5.32 Å². The van der Waals surface area contributed by atoms with E-state index < -0.39 is 0 Å². The summed E-state index contributed by atoms with van der Waals surface area (Å²) < 4.78 is 0. The zero-order valence-electron chi connectivity index (χ0n) is 10.1. The molecule has 0 aliphatic carbocycles. The first kappa shape index (κ1) is 11.5. The largest absolute Gasteiger partial charge is 0.382 e. The maximum absolute atomic E-state index is 3.61. The molecule has 1 unspecified atom stereocenters. The summed E-state index contributed by atoms with van der Waals surface area (Å²) in [5, 5.41) is 6.80. The van der Waals surface area contributed by atoms with E-state index in [0.717, 1.165) is 6.54 Å². The third kappa shape index (κ3) is 2.99. The molecule has 0 fully saturated rings. The summed E-state index contributed by atoms with van der Waals surface area (Å²) in [7, 11) is 2.02. The molecule has 0 spiro atoms. The summed E-state index contributed by atoms with van der Waals surface area (Å²) in [4.78, 5) is 0. The van der Waals surface area contributed by atoms with Crippen LogP contribution in [0, 0.1) is 0 Å². The highest BCUT2D eigenvalue weighted by Gasteiger charge is 2.18. The van der Waals surface area contributed by atoms with Crippen LogP contribution in [0.2, 0.25) is 0 Å². The first-order chi connectivity index (χ1) is 7.90. The van der Waals surface area contributed by atoms with E-state index in [4.69, 9.17) is 0 Å². The van der Waals surface area contributed by atoms with Crippen LogP contribution in [0.5, 0.6) is 0 Å². The maximum Gasteiger partial charge on any atom is 0.0375 e. The molecule has 0 radical (unpaired) electrons. The zero-order valence-corrected chi connectivity index (χ0v) is 10.1. The fourth-order valence-electron chi connectivity index (χ4n) is 2.42. The lowest BCUT2D eigenvalue weighted by atomic mass is 10.0. The van der Waals surface area contributed by atoms with Gasteiger partial charge in [0.1, 0.15) is 0 Å². The summed E-state index contributed by atoms with van der Waals surface area (Å²) >= 11 is 0. The van der Waals surface area contributed by atoms with Crippen molar-refractivity contribution < 1.29 is 0 Å². The second-order valence-corrected chi connectivity index (χ2v) is 4.66. The van der Waals surface area contributed by atoms with Crippen LogP contribution in [-0.4, -0.2) is 19.6 Å². The molecule has 0 saturated carbocycles. The number of hydrogen-bond donors (Lipinski definition) is 2. The van der Waals surface area contributed by atoms with Crippen molar-refractivity contribution in [2.24, 2.45) is 0 Å². The maximum atomic E-state index is 3.61. The van der Waals surface area contributed by atoms with E-state index in [2.05, 4.69) is 34.9 Å². The number of para-hydroxylation sites is 1. The molecule has 16 heavy (non-hydrogen) atoms. The summed E-state index contributed by atoms with van der Waals surface area (Å²) in [6.45, 7) is 1.15. The quantitative estimate of drug-likeness (QED) is 0.717. The Kier molecular flexibility index (Phi) is 4.23. The van der Waals surface area contributed by atoms with Crippen LogP contribution >= 0.6 is 0 Å². The second kappa shape index (κ2) is 5.90. The lowest BCUT2D eigenvalue weighted by Gasteiger charge is -2.10. The van der Waals surface area contributed by atoms with Gasteiger partial charge in [-0.3, -0.25) is 0 Å². The van der Waals surface area contributed by atoms with E-state index in [1.54, 1.807) is 0 Å². The molecule has 1 aliphatic heterocycles. The minimum atomic E-state index is 0.673. The van der Waals surface area contributed by atoms with Crippen LogP contribution in [0.25, 0.3) is 0 Å². The normalized spacial score (nSPS) is 18.2. The predicted octanol–water partition coefficient (Wildman–Crippen LogP) is 2.80. The fourth-order valence-corrected chi connectivity index (χ4v) is 2.42. The van der Waals surface area contributed by atoms with E-state index in [9.17, 15) is 0 Å². The van der Waals surface area contributed by atoms with Gasteiger partial charge in [0.15, 0.2) is 0 Å². The lowest BCUT2D eigenvalue weighted by Crippen LogP contribution is -2.15. The third-order valence-corrected chi connectivity index (χ3v) is 3.32. The average molecular weight is 218 g/mol. The van der Waals surface area contributed by atoms with Gasteiger partial charge in [-0.2, -0.15) is 0 Å². The first-order valence-electron chi connectivity index (χ1n) is 6.39. The van der Waals surface area contributed by atoms with Gasteiger partial charge in [0.2, 0.25) is 0 Å². The number of anilines is 1. The van der Waals surface area contributed by atoms with Crippen LogP contribution in [0.1, 0.15) is 31.2 Å². The van der Waals surface area contributed by atoms with E-state index in [1.165, 1.54) is 43.4 Å². The monoisotopic (exact) mass is 218 g/mol. The van der Waals surface area contributed by atoms with E-state index >= 15 is 0 Å². The minimum Gasteiger partial charge on any atom is -0.382 e. The summed E-state index contributed by atoms with van der Waals surface area (Å²) in [5.41, 5.74) is 2.84. The van der Waals surface area contributed by atoms with Crippen molar-refractivity contribution in [3.63, 3.8) is 0 Å². The Labute approximate surface area is 98.4 Å². The highest BCUT2D eigenvalue weighted by molar-refractivity contribution is 5.56. The number of fused-ring (bicyclic) bond motifs is 1. The van der Waals surface area contributed by atoms with Crippen LogP contribution in [0.4, 0.5) is 5.69 Å². The van der Waals surface area contributed by atoms with Gasteiger partial charge in [0.05, 0.1) is 0 Å². The van der Waals surface area contributed by atoms with Crippen LogP contribution in [0.15, 0.2) is 24.3 Å². The Balaban J connectivity index is 1.67. The van der Waals surface area contributed by atoms with Crippen molar-refractivity contribution in [2.45, 2.75) is 38.1 Å². The van der Waals surface area contributed by atoms with Gasteiger partial charge in [-0.25, -0.2) is 0 Å². The average Bonchev–Trinajstić information content (AvgIpc) is 2.71. The van der Waals surface area contributed by atoms with Crippen molar-refractivity contribution in [1.29, 1.82) is 0 Å². The topological polar surface area (TPSA) is 24.1 Å². The molecule has 0 aromatic heterocycles. The molecule has 1 heterocycles. The van der Waals surface area contributed by atoms with Crippen LogP contribution < -0.4 is 10.6 Å². The first-order valence-corrected chi connectivity index (χ1v) is 6.39. The Hall–Kier alpha value is -1.02. The molecule has 2 rings (SSSR count). The smallest absolute Gasteiger partial charge is 0.0375 e. The second-order valence-electron chi connectivity index (χ2n) is 4.66. The Bertz CT molecular complexity index is 297. The number of hydrogen-bond acceptors (Lipinski definition) is 2.